The summed E-state index contributed by atoms with van der Waals surface area (Å²) in [5.41, 5.74) is 4.98. The molecular formula is C20H19N7. The summed E-state index contributed by atoms with van der Waals surface area (Å²) < 4.78 is 3.97. The molecule has 0 aliphatic rings. The number of fused-ring (bicyclic) bond motifs is 4. The number of aryl methyl sites for hydroxylation is 5. The van der Waals surface area contributed by atoms with E-state index in [0.29, 0.717) is 0 Å². The Morgan fingerprint density at radius 3 is 2.74 bits per heavy atom. The van der Waals surface area contributed by atoms with Gasteiger partial charge in [-0.25, -0.2) is 15.0 Å². The molecule has 0 unspecified atom stereocenters. The monoisotopic (exact) mass is 357 g/mol. The Bertz CT molecular complexity index is 1270. The highest BCUT2D eigenvalue weighted by Crippen LogP contribution is 2.24. The van der Waals surface area contributed by atoms with E-state index in [1.807, 2.05) is 42.9 Å². The predicted octanol–water partition coefficient (Wildman–Crippen LogP) is 2.96. The van der Waals surface area contributed by atoms with Crippen LogP contribution in [0.5, 0.6) is 0 Å². The topological polar surface area (TPSA) is 73.8 Å². The molecular weight excluding hydrogens is 338 g/mol. The van der Waals surface area contributed by atoms with Crippen molar-refractivity contribution >= 4 is 27.6 Å². The van der Waals surface area contributed by atoms with Gasteiger partial charge in [0, 0.05) is 43.2 Å². The molecule has 0 saturated carbocycles. The summed E-state index contributed by atoms with van der Waals surface area (Å²) in [4.78, 5) is 18.4. The van der Waals surface area contributed by atoms with Crippen LogP contribution in [0.25, 0.3) is 27.6 Å². The van der Waals surface area contributed by atoms with Crippen molar-refractivity contribution in [1.82, 2.24) is 34.1 Å². The molecule has 7 heteroatoms. The van der Waals surface area contributed by atoms with Crippen LogP contribution in [-0.4, -0.2) is 34.1 Å². The van der Waals surface area contributed by atoms with E-state index in [2.05, 4.69) is 43.8 Å². The number of benzene rings is 1. The average molecular weight is 357 g/mol. The normalized spacial score (nSPS) is 11.8. The molecule has 0 saturated heterocycles. The largest absolute Gasteiger partial charge is 0.331 e. The third-order valence-corrected chi connectivity index (χ3v) is 5.05. The van der Waals surface area contributed by atoms with Crippen LogP contribution in [0.3, 0.4) is 0 Å². The van der Waals surface area contributed by atoms with E-state index < -0.39 is 0 Å². The second-order valence-electron chi connectivity index (χ2n) is 6.84. The summed E-state index contributed by atoms with van der Waals surface area (Å²) in [5.74, 6) is 2.68. The zero-order valence-corrected chi connectivity index (χ0v) is 15.5. The van der Waals surface area contributed by atoms with Crippen molar-refractivity contribution in [3.8, 4) is 0 Å². The number of nitrogens with zero attached hydrogens (tertiary/aromatic N) is 7. The maximum absolute atomic E-state index is 4.89. The van der Waals surface area contributed by atoms with Gasteiger partial charge in [0.15, 0.2) is 11.5 Å². The van der Waals surface area contributed by atoms with Gasteiger partial charge in [0.1, 0.15) is 11.6 Å². The fourth-order valence-corrected chi connectivity index (χ4v) is 3.55. The summed E-state index contributed by atoms with van der Waals surface area (Å²) in [7, 11) is 2.06. The Balaban J connectivity index is 1.52. The standard InChI is InChI=1S/C20H19N7/c1-12-11-22-13(2)27-20(12)23-17(25-27)8-9-18-24-19-14-5-4-10-21-15(14)6-7-16(19)26(18)3/h4-7,10-11H,8-9H2,1-3H3. The summed E-state index contributed by atoms with van der Waals surface area (Å²) in [5, 5.41) is 5.70. The van der Waals surface area contributed by atoms with Crippen LogP contribution in [0.1, 0.15) is 23.0 Å². The molecule has 27 heavy (non-hydrogen) atoms. The SMILES string of the molecule is Cc1cnc(C)n2nc(CCc3nc4c5cccnc5ccc4n3C)nc12. The molecule has 4 heterocycles. The molecule has 0 spiro atoms. The lowest BCUT2D eigenvalue weighted by molar-refractivity contribution is 0.749. The minimum Gasteiger partial charge on any atom is -0.331 e. The average Bonchev–Trinajstić information content (AvgIpc) is 3.26. The summed E-state index contributed by atoms with van der Waals surface area (Å²) in [6.45, 7) is 3.94. The van der Waals surface area contributed by atoms with Crippen LogP contribution in [0.4, 0.5) is 0 Å². The molecule has 0 aliphatic heterocycles. The fraction of sp³-hybridized carbons (Fsp3) is 0.250. The molecule has 0 N–H and O–H groups in total. The van der Waals surface area contributed by atoms with Gasteiger partial charge in [0.25, 0.3) is 0 Å². The van der Waals surface area contributed by atoms with Gasteiger partial charge in [-0.1, -0.05) is 0 Å². The van der Waals surface area contributed by atoms with Crippen LogP contribution in [0.15, 0.2) is 36.7 Å². The van der Waals surface area contributed by atoms with Crippen LogP contribution < -0.4 is 0 Å². The lowest BCUT2D eigenvalue weighted by Gasteiger charge is -2.01. The number of aromatic nitrogens is 7. The second-order valence-corrected chi connectivity index (χ2v) is 6.84. The molecule has 4 aromatic heterocycles. The van der Waals surface area contributed by atoms with Crippen molar-refractivity contribution in [1.29, 1.82) is 0 Å². The first-order chi connectivity index (χ1) is 13.1. The Morgan fingerprint density at radius 2 is 1.89 bits per heavy atom. The van der Waals surface area contributed by atoms with E-state index in [-0.39, 0.29) is 0 Å². The molecule has 0 amide bonds. The Hall–Kier alpha value is -3.35. The molecule has 5 aromatic rings. The van der Waals surface area contributed by atoms with Crippen LogP contribution in [0, 0.1) is 13.8 Å². The molecule has 0 bridgehead atoms. The number of imidazole rings is 1. The number of hydrogen-bond donors (Lipinski definition) is 0. The van der Waals surface area contributed by atoms with Gasteiger partial charge < -0.3 is 4.57 Å². The van der Waals surface area contributed by atoms with E-state index in [1.54, 1.807) is 0 Å². The van der Waals surface area contributed by atoms with Crippen LogP contribution >= 0.6 is 0 Å². The fourth-order valence-electron chi connectivity index (χ4n) is 3.55. The van der Waals surface area contributed by atoms with E-state index in [1.165, 1.54) is 0 Å². The zero-order chi connectivity index (χ0) is 18.5. The molecule has 0 fully saturated rings. The van der Waals surface area contributed by atoms with Crippen molar-refractivity contribution in [3.63, 3.8) is 0 Å². The Labute approximate surface area is 155 Å². The zero-order valence-electron chi connectivity index (χ0n) is 15.5. The number of rotatable bonds is 3. The van der Waals surface area contributed by atoms with Gasteiger partial charge in [0.05, 0.1) is 16.6 Å². The molecule has 0 atom stereocenters. The van der Waals surface area contributed by atoms with E-state index in [0.717, 1.165) is 63.5 Å². The predicted molar refractivity (Wildman–Crippen MR) is 104 cm³/mol. The van der Waals surface area contributed by atoms with Crippen molar-refractivity contribution in [2.75, 3.05) is 0 Å². The lowest BCUT2D eigenvalue weighted by Crippen LogP contribution is -2.02. The van der Waals surface area contributed by atoms with Gasteiger partial charge in [-0.3, -0.25) is 4.98 Å². The quantitative estimate of drug-likeness (QED) is 0.496. The lowest BCUT2D eigenvalue weighted by atomic mass is 10.2. The third kappa shape index (κ3) is 2.46. The Morgan fingerprint density at radius 1 is 1.00 bits per heavy atom. The highest BCUT2D eigenvalue weighted by molar-refractivity contribution is 6.02. The number of hydrogen-bond acceptors (Lipinski definition) is 5. The molecule has 134 valence electrons. The Kier molecular flexibility index (Phi) is 3.43. The minimum atomic E-state index is 0.730. The molecule has 0 aliphatic carbocycles. The molecule has 1 aromatic carbocycles. The first-order valence-electron chi connectivity index (χ1n) is 8.99. The van der Waals surface area contributed by atoms with Crippen LogP contribution in [0.2, 0.25) is 0 Å². The van der Waals surface area contributed by atoms with Gasteiger partial charge in [-0.05, 0) is 38.1 Å². The highest BCUT2D eigenvalue weighted by Gasteiger charge is 2.13. The number of pyridine rings is 1. The summed E-state index contributed by atoms with van der Waals surface area (Å²) in [6.07, 6.45) is 5.16. The van der Waals surface area contributed by atoms with Gasteiger partial charge in [-0.15, -0.1) is 5.10 Å². The smallest absolute Gasteiger partial charge is 0.162 e. The minimum absolute atomic E-state index is 0.730. The highest BCUT2D eigenvalue weighted by atomic mass is 15.3. The van der Waals surface area contributed by atoms with Gasteiger partial charge >= 0.3 is 0 Å². The van der Waals surface area contributed by atoms with E-state index >= 15 is 0 Å². The first-order valence-corrected chi connectivity index (χ1v) is 8.99. The van der Waals surface area contributed by atoms with Gasteiger partial charge in [-0.2, -0.15) is 4.52 Å². The molecule has 7 nitrogen and oxygen atoms in total. The van der Waals surface area contributed by atoms with Crippen molar-refractivity contribution in [2.45, 2.75) is 26.7 Å². The van der Waals surface area contributed by atoms with E-state index in [4.69, 9.17) is 4.98 Å². The second kappa shape index (κ2) is 5.84. The summed E-state index contributed by atoms with van der Waals surface area (Å²) in [6, 6.07) is 8.16. The summed E-state index contributed by atoms with van der Waals surface area (Å²) >= 11 is 0. The maximum Gasteiger partial charge on any atom is 0.162 e. The molecule has 5 rings (SSSR count). The van der Waals surface area contributed by atoms with Crippen molar-refractivity contribution < 1.29 is 0 Å². The van der Waals surface area contributed by atoms with Crippen LogP contribution in [-0.2, 0) is 19.9 Å². The van der Waals surface area contributed by atoms with Crippen molar-refractivity contribution in [2.24, 2.45) is 7.05 Å². The first kappa shape index (κ1) is 15.9. The molecule has 0 radical (unpaired) electrons. The third-order valence-electron chi connectivity index (χ3n) is 5.05. The maximum atomic E-state index is 4.89. The van der Waals surface area contributed by atoms with E-state index in [9.17, 15) is 0 Å². The van der Waals surface area contributed by atoms with Gasteiger partial charge in [0.2, 0.25) is 0 Å². The van der Waals surface area contributed by atoms with Crippen molar-refractivity contribution in [3.05, 3.63) is 59.7 Å².